The van der Waals surface area contributed by atoms with E-state index in [-0.39, 0.29) is 22.6 Å². The minimum Gasteiger partial charge on any atom is -0.462 e. The van der Waals surface area contributed by atoms with Crippen molar-refractivity contribution >= 4 is 5.97 Å². The number of hydrogen-bond acceptors (Lipinski definition) is 7. The average Bonchev–Trinajstić information content (AvgIpc) is 3.29. The molecule has 0 aliphatic heterocycles. The predicted octanol–water partition coefficient (Wildman–Crippen LogP) is 3.46. The van der Waals surface area contributed by atoms with E-state index in [2.05, 4.69) is 4.98 Å². The number of ether oxygens (including phenoxy) is 1. The predicted molar refractivity (Wildman–Crippen MR) is 120 cm³/mol. The van der Waals surface area contributed by atoms with Gasteiger partial charge in [0.2, 0.25) is 5.89 Å². The monoisotopic (exact) mass is 518 g/mol. The van der Waals surface area contributed by atoms with Crippen LogP contribution in [0.2, 0.25) is 0 Å². The normalized spacial score (nSPS) is 12.8. The first-order valence-electron chi connectivity index (χ1n) is 10.6. The lowest BCUT2D eigenvalue weighted by atomic mass is 10.1. The van der Waals surface area contributed by atoms with Crippen LogP contribution >= 0.6 is 0 Å². The minimum atomic E-state index is -2.37. The number of aliphatic hydroxyl groups is 2. The summed E-state index contributed by atoms with van der Waals surface area (Å²) in [6, 6.07) is 7.69. The third-order valence-electron chi connectivity index (χ3n) is 5.34. The molecule has 0 aliphatic rings. The van der Waals surface area contributed by atoms with Crippen LogP contribution in [-0.2, 0) is 15.1 Å². The van der Waals surface area contributed by atoms with Crippen molar-refractivity contribution in [2.45, 2.75) is 12.5 Å². The van der Waals surface area contributed by atoms with Crippen molar-refractivity contribution in [3.05, 3.63) is 94.2 Å². The smallest absolute Gasteiger partial charge is 0.302 e. The van der Waals surface area contributed by atoms with Crippen LogP contribution in [0.3, 0.4) is 0 Å². The molecule has 0 saturated heterocycles. The van der Waals surface area contributed by atoms with Gasteiger partial charge in [-0.15, -0.1) is 0 Å². The maximum absolute atomic E-state index is 14.7. The summed E-state index contributed by atoms with van der Waals surface area (Å²) in [5.74, 6) is -5.75. The highest BCUT2D eigenvalue weighted by Gasteiger charge is 2.38. The van der Waals surface area contributed by atoms with Gasteiger partial charge in [0.1, 0.15) is 41.3 Å². The second-order valence-electron chi connectivity index (χ2n) is 7.99. The lowest BCUT2D eigenvalue weighted by Gasteiger charge is -2.21. The summed E-state index contributed by atoms with van der Waals surface area (Å²) < 4.78 is 68.2. The topological polar surface area (TPSA) is 115 Å². The molecule has 0 fully saturated rings. The van der Waals surface area contributed by atoms with Crippen LogP contribution in [0.1, 0.15) is 12.8 Å². The van der Waals surface area contributed by atoms with Gasteiger partial charge in [-0.1, -0.05) is 6.07 Å². The number of hydrogen-bond donors (Lipinski definition) is 2. The molecule has 8 nitrogen and oxygen atoms in total. The standard InChI is InChI=1S/C25H18F4N2O6/c1-13(33)36-12-25(35,11-32)24-30-21(16-7-6-15(26)9-19(16)29)23(37-24)14-5-8-20(34)31(10-14)22-17(27)3-2-4-18(22)28/h2-10,32,35H,11-12H2,1H3. The number of rotatable bonds is 7. The molecule has 2 heterocycles. The van der Waals surface area contributed by atoms with Gasteiger partial charge in [-0.2, -0.15) is 0 Å². The Morgan fingerprint density at radius 2 is 1.78 bits per heavy atom. The first-order valence-corrected chi connectivity index (χ1v) is 10.6. The Kier molecular flexibility index (Phi) is 6.96. The summed E-state index contributed by atoms with van der Waals surface area (Å²) in [5, 5.41) is 20.6. The van der Waals surface area contributed by atoms with Crippen molar-refractivity contribution in [2.75, 3.05) is 13.2 Å². The van der Waals surface area contributed by atoms with E-state index in [1.807, 2.05) is 0 Å². The number of aliphatic hydroxyl groups excluding tert-OH is 1. The fourth-order valence-corrected chi connectivity index (χ4v) is 3.49. The van der Waals surface area contributed by atoms with Crippen molar-refractivity contribution in [1.82, 2.24) is 9.55 Å². The first-order chi connectivity index (χ1) is 17.5. The molecule has 0 saturated carbocycles. The SMILES string of the molecule is CC(=O)OCC(O)(CO)c1nc(-c2ccc(F)cc2F)c(-c2ccc(=O)n(-c3c(F)cccc3F)c2)o1. The third kappa shape index (κ3) is 5.01. The molecule has 1 unspecified atom stereocenters. The number of aromatic nitrogens is 2. The molecule has 0 radical (unpaired) electrons. The zero-order valence-corrected chi connectivity index (χ0v) is 19.0. The Morgan fingerprint density at radius 1 is 1.08 bits per heavy atom. The Labute approximate surface area is 206 Å². The molecule has 12 heteroatoms. The van der Waals surface area contributed by atoms with Crippen LogP contribution < -0.4 is 5.56 Å². The van der Waals surface area contributed by atoms with E-state index in [0.29, 0.717) is 10.6 Å². The van der Waals surface area contributed by atoms with Gasteiger partial charge in [0.05, 0.1) is 6.61 Å². The number of carbonyl (C=O) groups is 1. The second kappa shape index (κ2) is 9.99. The first kappa shape index (κ1) is 25.8. The molecular formula is C25H18F4N2O6. The van der Waals surface area contributed by atoms with E-state index < -0.39 is 65.2 Å². The maximum atomic E-state index is 14.7. The number of para-hydroxylation sites is 1. The van der Waals surface area contributed by atoms with E-state index in [9.17, 15) is 37.4 Å². The highest BCUT2D eigenvalue weighted by Crippen LogP contribution is 2.37. The fourth-order valence-electron chi connectivity index (χ4n) is 3.49. The summed E-state index contributed by atoms with van der Waals surface area (Å²) in [6.45, 7) is -0.765. The van der Waals surface area contributed by atoms with Crippen LogP contribution in [-0.4, -0.2) is 38.9 Å². The molecular weight excluding hydrogens is 500 g/mol. The summed E-state index contributed by atoms with van der Waals surface area (Å²) in [5.41, 5.74) is -4.53. The molecule has 4 rings (SSSR count). The molecule has 0 bridgehead atoms. The van der Waals surface area contributed by atoms with Gasteiger partial charge >= 0.3 is 5.97 Å². The summed E-state index contributed by atoms with van der Waals surface area (Å²) in [4.78, 5) is 27.8. The number of esters is 1. The van der Waals surface area contributed by atoms with Crippen molar-refractivity contribution in [3.8, 4) is 28.3 Å². The summed E-state index contributed by atoms with van der Waals surface area (Å²) >= 11 is 0. The molecule has 0 aliphatic carbocycles. The Balaban J connectivity index is 1.96. The van der Waals surface area contributed by atoms with Crippen LogP contribution in [0.5, 0.6) is 0 Å². The van der Waals surface area contributed by atoms with Crippen molar-refractivity contribution in [1.29, 1.82) is 0 Å². The molecule has 0 amide bonds. The number of carbonyl (C=O) groups excluding carboxylic acids is 1. The Hall–Kier alpha value is -4.29. The Morgan fingerprint density at radius 3 is 2.41 bits per heavy atom. The van der Waals surface area contributed by atoms with Crippen LogP contribution in [0.15, 0.2) is 63.9 Å². The van der Waals surface area contributed by atoms with Gasteiger partial charge < -0.3 is 19.4 Å². The van der Waals surface area contributed by atoms with Crippen LogP contribution in [0, 0.1) is 23.3 Å². The molecule has 192 valence electrons. The van der Waals surface area contributed by atoms with Gasteiger partial charge in [0.25, 0.3) is 5.56 Å². The summed E-state index contributed by atoms with van der Waals surface area (Å²) in [7, 11) is 0. The van der Waals surface area contributed by atoms with E-state index >= 15 is 0 Å². The largest absolute Gasteiger partial charge is 0.462 e. The Bertz CT molecular complexity index is 1530. The molecule has 0 spiro atoms. The number of oxazole rings is 1. The number of nitrogens with zero attached hydrogens (tertiary/aromatic N) is 2. The van der Waals surface area contributed by atoms with E-state index in [1.54, 1.807) is 0 Å². The van der Waals surface area contributed by atoms with Crippen molar-refractivity contribution in [2.24, 2.45) is 0 Å². The molecule has 1 atom stereocenters. The lowest BCUT2D eigenvalue weighted by molar-refractivity contribution is -0.154. The van der Waals surface area contributed by atoms with Crippen LogP contribution in [0.25, 0.3) is 28.3 Å². The lowest BCUT2D eigenvalue weighted by Crippen LogP contribution is -2.36. The van der Waals surface area contributed by atoms with Crippen molar-refractivity contribution < 1.29 is 41.7 Å². The molecule has 4 aromatic rings. The molecule has 2 N–H and O–H groups in total. The van der Waals surface area contributed by atoms with Gasteiger partial charge in [-0.25, -0.2) is 22.5 Å². The minimum absolute atomic E-state index is 0.0486. The molecule has 2 aromatic carbocycles. The zero-order valence-electron chi connectivity index (χ0n) is 19.0. The van der Waals surface area contributed by atoms with Crippen LogP contribution in [0.4, 0.5) is 17.6 Å². The highest BCUT2D eigenvalue weighted by atomic mass is 19.1. The summed E-state index contributed by atoms with van der Waals surface area (Å²) in [6.07, 6.45) is 1.00. The van der Waals surface area contributed by atoms with E-state index in [4.69, 9.17) is 9.15 Å². The average molecular weight is 518 g/mol. The fraction of sp³-hybridized carbons (Fsp3) is 0.160. The van der Waals surface area contributed by atoms with Crippen molar-refractivity contribution in [3.63, 3.8) is 0 Å². The van der Waals surface area contributed by atoms with Gasteiger partial charge in [0.15, 0.2) is 11.4 Å². The van der Waals surface area contributed by atoms with E-state index in [0.717, 1.165) is 49.5 Å². The van der Waals surface area contributed by atoms with Gasteiger partial charge in [0, 0.05) is 36.4 Å². The van der Waals surface area contributed by atoms with Gasteiger partial charge in [-0.05, 0) is 30.3 Å². The number of pyridine rings is 1. The van der Waals surface area contributed by atoms with E-state index in [1.165, 1.54) is 6.07 Å². The quantitative estimate of drug-likeness (QED) is 0.285. The number of benzene rings is 2. The maximum Gasteiger partial charge on any atom is 0.302 e. The second-order valence-corrected chi connectivity index (χ2v) is 7.99. The van der Waals surface area contributed by atoms with Gasteiger partial charge in [-0.3, -0.25) is 14.2 Å². The number of halogens is 4. The zero-order chi connectivity index (χ0) is 26.9. The molecule has 2 aromatic heterocycles. The third-order valence-corrected chi connectivity index (χ3v) is 5.34. The highest BCUT2D eigenvalue weighted by molar-refractivity contribution is 5.77. The molecule has 37 heavy (non-hydrogen) atoms.